The number of aromatic nitrogens is 4. The normalized spacial score (nSPS) is 10.4. The zero-order chi connectivity index (χ0) is 12.5. The van der Waals surface area contributed by atoms with Gasteiger partial charge in [0.25, 0.3) is 0 Å². The second kappa shape index (κ2) is 3.89. The molecule has 3 aromatic rings. The Morgan fingerprint density at radius 1 is 1.28 bits per heavy atom. The summed E-state index contributed by atoms with van der Waals surface area (Å²) < 4.78 is 15.1. The molecule has 0 unspecified atom stereocenters. The largest absolute Gasteiger partial charge is 0.242 e. The molecular formula is C12H6FN5. The van der Waals surface area contributed by atoms with E-state index in [9.17, 15) is 4.39 Å². The lowest BCUT2D eigenvalue weighted by Crippen LogP contribution is -1.96. The van der Waals surface area contributed by atoms with Crippen LogP contribution in [0.1, 0.15) is 5.69 Å². The molecule has 0 fully saturated rings. The molecule has 3 rings (SSSR count). The Morgan fingerprint density at radius 3 is 2.94 bits per heavy atom. The summed E-state index contributed by atoms with van der Waals surface area (Å²) in [5.41, 5.74) is 1.66. The van der Waals surface area contributed by atoms with E-state index in [0.29, 0.717) is 16.9 Å². The van der Waals surface area contributed by atoms with Crippen molar-refractivity contribution in [3.63, 3.8) is 0 Å². The summed E-state index contributed by atoms with van der Waals surface area (Å²) in [6.45, 7) is 0. The van der Waals surface area contributed by atoms with Crippen LogP contribution in [-0.2, 0) is 0 Å². The van der Waals surface area contributed by atoms with E-state index in [1.807, 2.05) is 0 Å². The zero-order valence-electron chi connectivity index (χ0n) is 9.08. The maximum atomic E-state index is 13.5. The summed E-state index contributed by atoms with van der Waals surface area (Å²) in [5, 5.41) is 12.7. The van der Waals surface area contributed by atoms with Crippen LogP contribution in [0, 0.1) is 17.1 Å². The van der Waals surface area contributed by atoms with Crippen LogP contribution in [0.5, 0.6) is 0 Å². The molecule has 0 bridgehead atoms. The van der Waals surface area contributed by atoms with Gasteiger partial charge in [0.1, 0.15) is 12.4 Å². The molecule has 0 saturated heterocycles. The van der Waals surface area contributed by atoms with E-state index < -0.39 is 5.82 Å². The molecule has 0 aliphatic carbocycles. The van der Waals surface area contributed by atoms with Crippen LogP contribution in [0.15, 0.2) is 36.8 Å². The summed E-state index contributed by atoms with van der Waals surface area (Å²) in [6.07, 6.45) is 2.87. The second-order valence-electron chi connectivity index (χ2n) is 3.61. The van der Waals surface area contributed by atoms with Gasteiger partial charge in [0.2, 0.25) is 0 Å². The molecule has 5 nitrogen and oxygen atoms in total. The third-order valence-corrected chi connectivity index (χ3v) is 2.54. The van der Waals surface area contributed by atoms with Gasteiger partial charge in [0, 0.05) is 11.8 Å². The summed E-state index contributed by atoms with van der Waals surface area (Å²) in [6, 6.07) is 8.33. The Morgan fingerprint density at radius 2 is 2.17 bits per heavy atom. The first-order chi connectivity index (χ1) is 8.79. The van der Waals surface area contributed by atoms with Crippen molar-refractivity contribution in [2.45, 2.75) is 0 Å². The number of halogens is 1. The minimum atomic E-state index is -0.646. The van der Waals surface area contributed by atoms with Gasteiger partial charge in [-0.2, -0.15) is 10.4 Å². The second-order valence-corrected chi connectivity index (χ2v) is 3.61. The lowest BCUT2D eigenvalue weighted by Gasteiger charge is -2.04. The number of hydrogen-bond donors (Lipinski definition) is 0. The van der Waals surface area contributed by atoms with Crippen LogP contribution in [0.4, 0.5) is 4.39 Å². The Hall–Kier alpha value is -2.81. The molecule has 3 heterocycles. The van der Waals surface area contributed by atoms with E-state index >= 15 is 0 Å². The highest BCUT2D eigenvalue weighted by Crippen LogP contribution is 2.20. The van der Waals surface area contributed by atoms with Crippen molar-refractivity contribution in [3.8, 4) is 17.3 Å². The molecule has 18 heavy (non-hydrogen) atoms. The lowest BCUT2D eigenvalue weighted by atomic mass is 10.1. The Bertz CT molecular complexity index is 771. The average molecular weight is 239 g/mol. The van der Waals surface area contributed by atoms with Crippen molar-refractivity contribution >= 4 is 5.65 Å². The quantitative estimate of drug-likeness (QED) is 0.649. The molecule has 0 aliphatic heterocycles. The molecule has 0 amide bonds. The predicted molar refractivity (Wildman–Crippen MR) is 60.9 cm³/mol. The number of fused-ring (bicyclic) bond motifs is 1. The molecule has 0 N–H and O–H groups in total. The number of nitriles is 1. The van der Waals surface area contributed by atoms with Gasteiger partial charge in [-0.05, 0) is 18.2 Å². The van der Waals surface area contributed by atoms with Gasteiger partial charge in [-0.3, -0.25) is 0 Å². The molecule has 0 radical (unpaired) electrons. The van der Waals surface area contributed by atoms with Crippen molar-refractivity contribution in [2.24, 2.45) is 0 Å². The van der Waals surface area contributed by atoms with Gasteiger partial charge in [0.15, 0.2) is 17.2 Å². The fourth-order valence-corrected chi connectivity index (χ4v) is 1.72. The Kier molecular flexibility index (Phi) is 2.24. The molecule has 86 valence electrons. The molecule has 0 aliphatic rings. The zero-order valence-corrected chi connectivity index (χ0v) is 9.08. The average Bonchev–Trinajstić information content (AvgIpc) is 2.86. The van der Waals surface area contributed by atoms with E-state index in [0.717, 1.165) is 0 Å². The summed E-state index contributed by atoms with van der Waals surface area (Å²) in [4.78, 5) is 7.81. The number of rotatable bonds is 1. The fraction of sp³-hybridized carbons (Fsp3) is 0. The van der Waals surface area contributed by atoms with Gasteiger partial charge in [-0.25, -0.2) is 18.9 Å². The first-order valence-electron chi connectivity index (χ1n) is 5.14. The first kappa shape index (κ1) is 10.4. The maximum absolute atomic E-state index is 13.5. The molecule has 0 spiro atoms. The molecule has 0 saturated carbocycles. The highest BCUT2D eigenvalue weighted by atomic mass is 19.1. The van der Waals surface area contributed by atoms with Gasteiger partial charge < -0.3 is 0 Å². The maximum Gasteiger partial charge on any atom is 0.176 e. The Labute approximate surface area is 101 Å². The SMILES string of the molecule is N#Cc1ncc(-c2cccc3ncnn23)cc1F. The number of hydrogen-bond acceptors (Lipinski definition) is 4. The van der Waals surface area contributed by atoms with E-state index in [4.69, 9.17) is 5.26 Å². The Balaban J connectivity index is 2.24. The predicted octanol–water partition coefficient (Wildman–Crippen LogP) is 1.80. The van der Waals surface area contributed by atoms with Gasteiger partial charge in [-0.1, -0.05) is 6.07 Å². The van der Waals surface area contributed by atoms with Gasteiger partial charge >= 0.3 is 0 Å². The van der Waals surface area contributed by atoms with Gasteiger partial charge in [0.05, 0.1) is 5.69 Å². The lowest BCUT2D eigenvalue weighted by molar-refractivity contribution is 0.617. The minimum absolute atomic E-state index is 0.218. The summed E-state index contributed by atoms with van der Waals surface area (Å²) in [5.74, 6) is -0.646. The van der Waals surface area contributed by atoms with E-state index in [-0.39, 0.29) is 5.69 Å². The van der Waals surface area contributed by atoms with Crippen LogP contribution in [0.25, 0.3) is 16.9 Å². The monoisotopic (exact) mass is 239 g/mol. The summed E-state index contributed by atoms with van der Waals surface area (Å²) in [7, 11) is 0. The summed E-state index contributed by atoms with van der Waals surface area (Å²) >= 11 is 0. The number of pyridine rings is 2. The van der Waals surface area contributed by atoms with Gasteiger partial charge in [-0.15, -0.1) is 0 Å². The number of nitrogens with zero attached hydrogens (tertiary/aromatic N) is 5. The topological polar surface area (TPSA) is 66.9 Å². The molecule has 3 aromatic heterocycles. The van der Waals surface area contributed by atoms with E-state index in [2.05, 4.69) is 15.1 Å². The first-order valence-corrected chi connectivity index (χ1v) is 5.14. The van der Waals surface area contributed by atoms with Crippen molar-refractivity contribution < 1.29 is 4.39 Å². The third kappa shape index (κ3) is 1.50. The molecule has 0 aromatic carbocycles. The van der Waals surface area contributed by atoms with Crippen LogP contribution in [-0.4, -0.2) is 19.6 Å². The minimum Gasteiger partial charge on any atom is -0.242 e. The van der Waals surface area contributed by atoms with Crippen LogP contribution in [0.2, 0.25) is 0 Å². The van der Waals surface area contributed by atoms with Crippen LogP contribution in [0.3, 0.4) is 0 Å². The van der Waals surface area contributed by atoms with Crippen molar-refractivity contribution in [2.75, 3.05) is 0 Å². The highest BCUT2D eigenvalue weighted by molar-refractivity contribution is 5.62. The van der Waals surface area contributed by atoms with Crippen LogP contribution < -0.4 is 0 Å². The van der Waals surface area contributed by atoms with Crippen molar-refractivity contribution in [1.29, 1.82) is 5.26 Å². The molecular weight excluding hydrogens is 233 g/mol. The standard InChI is InChI=1S/C12H6FN5/c13-9-4-8(6-15-10(9)5-14)11-2-1-3-12-16-7-17-18(11)12/h1-4,6-7H. The van der Waals surface area contributed by atoms with E-state index in [1.54, 1.807) is 28.8 Å². The van der Waals surface area contributed by atoms with Crippen molar-refractivity contribution in [1.82, 2.24) is 19.6 Å². The fourth-order valence-electron chi connectivity index (χ4n) is 1.72. The molecule has 0 atom stereocenters. The van der Waals surface area contributed by atoms with Crippen LogP contribution >= 0.6 is 0 Å². The molecule has 6 heteroatoms. The third-order valence-electron chi connectivity index (χ3n) is 2.54. The van der Waals surface area contributed by atoms with E-state index in [1.165, 1.54) is 18.6 Å². The highest BCUT2D eigenvalue weighted by Gasteiger charge is 2.09. The van der Waals surface area contributed by atoms with Crippen molar-refractivity contribution in [3.05, 3.63) is 48.3 Å². The smallest absolute Gasteiger partial charge is 0.176 e.